The van der Waals surface area contributed by atoms with Crippen LogP contribution in [0.1, 0.15) is 6.92 Å². The first-order valence-corrected chi connectivity index (χ1v) is 5.54. The SMILES string of the molecule is C=CC(C)Nc1ccc([N+](=O)[O-])c2cccnc12. The first kappa shape index (κ1) is 12.0. The fourth-order valence-electron chi connectivity index (χ4n) is 1.74. The van der Waals surface area contributed by atoms with E-state index in [4.69, 9.17) is 0 Å². The fraction of sp³-hybridized carbons (Fsp3) is 0.154. The zero-order chi connectivity index (χ0) is 13.1. The molecule has 18 heavy (non-hydrogen) atoms. The molecule has 5 heteroatoms. The van der Waals surface area contributed by atoms with E-state index in [2.05, 4.69) is 16.9 Å². The lowest BCUT2D eigenvalue weighted by Gasteiger charge is -2.12. The lowest BCUT2D eigenvalue weighted by molar-refractivity contribution is -0.383. The summed E-state index contributed by atoms with van der Waals surface area (Å²) in [6.07, 6.45) is 3.38. The van der Waals surface area contributed by atoms with Gasteiger partial charge in [0.1, 0.15) is 5.52 Å². The summed E-state index contributed by atoms with van der Waals surface area (Å²) in [5, 5.41) is 14.7. The van der Waals surface area contributed by atoms with Crippen LogP contribution in [0.15, 0.2) is 43.1 Å². The molecule has 1 aromatic heterocycles. The van der Waals surface area contributed by atoms with Gasteiger partial charge in [-0.25, -0.2) is 0 Å². The lowest BCUT2D eigenvalue weighted by Crippen LogP contribution is -2.11. The van der Waals surface area contributed by atoms with Gasteiger partial charge < -0.3 is 5.32 Å². The lowest BCUT2D eigenvalue weighted by atomic mass is 10.1. The van der Waals surface area contributed by atoms with Crippen molar-refractivity contribution in [2.75, 3.05) is 5.32 Å². The van der Waals surface area contributed by atoms with Crippen LogP contribution in [0.5, 0.6) is 0 Å². The predicted molar refractivity (Wildman–Crippen MR) is 71.7 cm³/mol. The van der Waals surface area contributed by atoms with E-state index in [0.29, 0.717) is 10.9 Å². The molecule has 1 aromatic carbocycles. The number of nitro groups is 1. The zero-order valence-electron chi connectivity index (χ0n) is 9.96. The molecule has 1 heterocycles. The molecule has 0 radical (unpaired) electrons. The Labute approximate surface area is 104 Å². The number of pyridine rings is 1. The van der Waals surface area contributed by atoms with E-state index >= 15 is 0 Å². The highest BCUT2D eigenvalue weighted by molar-refractivity contribution is 5.96. The van der Waals surface area contributed by atoms with Crippen molar-refractivity contribution < 1.29 is 4.92 Å². The number of nitrogens with zero attached hydrogens (tertiary/aromatic N) is 2. The third kappa shape index (κ3) is 2.15. The summed E-state index contributed by atoms with van der Waals surface area (Å²) < 4.78 is 0. The number of nitrogens with one attached hydrogen (secondary N) is 1. The van der Waals surface area contributed by atoms with Crippen LogP contribution in [-0.2, 0) is 0 Å². The Morgan fingerprint density at radius 3 is 2.94 bits per heavy atom. The predicted octanol–water partition coefficient (Wildman–Crippen LogP) is 3.13. The van der Waals surface area contributed by atoms with E-state index in [-0.39, 0.29) is 11.7 Å². The van der Waals surface area contributed by atoms with Crippen LogP contribution < -0.4 is 5.32 Å². The normalized spacial score (nSPS) is 12.1. The Morgan fingerprint density at radius 1 is 1.50 bits per heavy atom. The number of anilines is 1. The number of rotatable bonds is 4. The molecule has 0 fully saturated rings. The van der Waals surface area contributed by atoms with Crippen molar-refractivity contribution in [2.24, 2.45) is 0 Å². The van der Waals surface area contributed by atoms with Gasteiger partial charge in [0.15, 0.2) is 0 Å². The van der Waals surface area contributed by atoms with Crippen molar-refractivity contribution in [3.8, 4) is 0 Å². The van der Waals surface area contributed by atoms with E-state index in [0.717, 1.165) is 5.69 Å². The van der Waals surface area contributed by atoms with Crippen molar-refractivity contribution in [3.05, 3.63) is 53.2 Å². The number of non-ortho nitro benzene ring substituents is 1. The molecular weight excluding hydrogens is 230 g/mol. The summed E-state index contributed by atoms with van der Waals surface area (Å²) in [7, 11) is 0. The summed E-state index contributed by atoms with van der Waals surface area (Å²) in [6, 6.07) is 6.62. The summed E-state index contributed by atoms with van der Waals surface area (Å²) >= 11 is 0. The zero-order valence-corrected chi connectivity index (χ0v) is 9.96. The van der Waals surface area contributed by atoms with E-state index < -0.39 is 4.92 Å². The molecule has 0 amide bonds. The van der Waals surface area contributed by atoms with Crippen molar-refractivity contribution in [2.45, 2.75) is 13.0 Å². The van der Waals surface area contributed by atoms with E-state index in [1.165, 1.54) is 6.07 Å². The average Bonchev–Trinajstić information content (AvgIpc) is 2.38. The Morgan fingerprint density at radius 2 is 2.28 bits per heavy atom. The highest BCUT2D eigenvalue weighted by Gasteiger charge is 2.15. The maximum absolute atomic E-state index is 10.9. The highest BCUT2D eigenvalue weighted by Crippen LogP contribution is 2.29. The van der Waals surface area contributed by atoms with Gasteiger partial charge in [0.25, 0.3) is 5.69 Å². The van der Waals surface area contributed by atoms with Crippen molar-refractivity contribution >= 4 is 22.3 Å². The largest absolute Gasteiger partial charge is 0.377 e. The van der Waals surface area contributed by atoms with Gasteiger partial charge in [-0.15, -0.1) is 6.58 Å². The molecule has 0 aliphatic heterocycles. The number of benzene rings is 1. The molecule has 1 N–H and O–H groups in total. The Kier molecular flexibility index (Phi) is 3.23. The van der Waals surface area contributed by atoms with Gasteiger partial charge in [-0.1, -0.05) is 6.08 Å². The van der Waals surface area contributed by atoms with Crippen LogP contribution in [0.25, 0.3) is 10.9 Å². The molecule has 0 spiro atoms. The first-order chi connectivity index (χ1) is 8.63. The molecule has 0 aliphatic carbocycles. The minimum atomic E-state index is -0.398. The first-order valence-electron chi connectivity index (χ1n) is 5.54. The number of hydrogen-bond donors (Lipinski definition) is 1. The van der Waals surface area contributed by atoms with Gasteiger partial charge in [0.2, 0.25) is 0 Å². The van der Waals surface area contributed by atoms with Gasteiger partial charge in [-0.2, -0.15) is 0 Å². The van der Waals surface area contributed by atoms with Gasteiger partial charge >= 0.3 is 0 Å². The minimum Gasteiger partial charge on any atom is -0.377 e. The molecule has 0 aliphatic rings. The smallest absolute Gasteiger partial charge is 0.278 e. The maximum atomic E-state index is 10.9. The summed E-state index contributed by atoms with van der Waals surface area (Å²) in [5.74, 6) is 0. The van der Waals surface area contributed by atoms with Gasteiger partial charge in [0.05, 0.1) is 16.0 Å². The third-order valence-corrected chi connectivity index (χ3v) is 2.68. The van der Waals surface area contributed by atoms with Crippen molar-refractivity contribution in [3.63, 3.8) is 0 Å². The third-order valence-electron chi connectivity index (χ3n) is 2.68. The van der Waals surface area contributed by atoms with Gasteiger partial charge in [-0.3, -0.25) is 15.1 Å². The van der Waals surface area contributed by atoms with Gasteiger partial charge in [-0.05, 0) is 25.1 Å². The Bertz CT molecular complexity index is 610. The minimum absolute atomic E-state index is 0.0647. The molecule has 92 valence electrons. The second-order valence-corrected chi connectivity index (χ2v) is 3.96. The topological polar surface area (TPSA) is 68.1 Å². The van der Waals surface area contributed by atoms with Gasteiger partial charge in [0, 0.05) is 18.3 Å². The van der Waals surface area contributed by atoms with Crippen LogP contribution in [-0.4, -0.2) is 15.9 Å². The van der Waals surface area contributed by atoms with Crippen LogP contribution in [0.3, 0.4) is 0 Å². The molecule has 5 nitrogen and oxygen atoms in total. The van der Waals surface area contributed by atoms with Crippen LogP contribution in [0.4, 0.5) is 11.4 Å². The van der Waals surface area contributed by atoms with Crippen molar-refractivity contribution in [1.82, 2.24) is 4.98 Å². The average molecular weight is 243 g/mol. The molecule has 2 aromatic rings. The van der Waals surface area contributed by atoms with E-state index in [1.54, 1.807) is 30.5 Å². The van der Waals surface area contributed by atoms with Crippen molar-refractivity contribution in [1.29, 1.82) is 0 Å². The second kappa shape index (κ2) is 4.83. The summed E-state index contributed by atoms with van der Waals surface area (Å²) in [4.78, 5) is 14.8. The molecule has 1 atom stereocenters. The highest BCUT2D eigenvalue weighted by atomic mass is 16.6. The molecule has 0 saturated carbocycles. The molecule has 2 rings (SSSR count). The second-order valence-electron chi connectivity index (χ2n) is 3.96. The van der Waals surface area contributed by atoms with Crippen LogP contribution >= 0.6 is 0 Å². The quantitative estimate of drug-likeness (QED) is 0.509. The molecule has 0 saturated heterocycles. The van der Waals surface area contributed by atoms with Crippen LogP contribution in [0, 0.1) is 10.1 Å². The molecule has 0 bridgehead atoms. The molecular formula is C13H13N3O2. The number of fused-ring (bicyclic) bond motifs is 1. The summed E-state index contributed by atoms with van der Waals surface area (Å²) in [6.45, 7) is 5.64. The van der Waals surface area contributed by atoms with Crippen LogP contribution in [0.2, 0.25) is 0 Å². The van der Waals surface area contributed by atoms with E-state index in [9.17, 15) is 10.1 Å². The number of aromatic nitrogens is 1. The fourth-order valence-corrected chi connectivity index (χ4v) is 1.74. The Hall–Kier alpha value is -2.43. The maximum Gasteiger partial charge on any atom is 0.278 e. The number of hydrogen-bond acceptors (Lipinski definition) is 4. The van der Waals surface area contributed by atoms with E-state index in [1.807, 2.05) is 6.92 Å². The monoisotopic (exact) mass is 243 g/mol. The summed E-state index contributed by atoms with van der Waals surface area (Å²) in [5.41, 5.74) is 1.43. The Balaban J connectivity index is 2.60. The number of nitro benzene ring substituents is 1. The standard InChI is InChI=1S/C13H13N3O2/c1-3-9(2)15-11-6-7-12(16(17)18)10-5-4-8-14-13(10)11/h3-9,15H,1H2,2H3. The molecule has 1 unspecified atom stereocenters.